The van der Waals surface area contributed by atoms with Gasteiger partial charge in [0.1, 0.15) is 11.7 Å². The minimum Gasteiger partial charge on any atom is -0.354 e. The molecule has 12 heteroatoms. The number of aromatic nitrogens is 2. The smallest absolute Gasteiger partial charge is 0.354 e. The number of hydrogen-bond acceptors (Lipinski definition) is 4. The van der Waals surface area contributed by atoms with Crippen LogP contribution in [0.4, 0.5) is 13.2 Å². The molecule has 1 atom stereocenters. The summed E-state index contributed by atoms with van der Waals surface area (Å²) in [6.07, 6.45) is -0.658. The van der Waals surface area contributed by atoms with Crippen molar-refractivity contribution in [2.24, 2.45) is 0 Å². The SMILES string of the molecule is O=C1CCC(N2CCN(C(=O)c3nc4c(C(F)(F)F)cc(C5CC5)cn4c3Cl)CC2=O)CN1. The van der Waals surface area contributed by atoms with Gasteiger partial charge in [-0.2, -0.15) is 13.2 Å². The summed E-state index contributed by atoms with van der Waals surface area (Å²) in [7, 11) is 0. The monoisotopic (exact) mass is 483 g/mol. The highest BCUT2D eigenvalue weighted by atomic mass is 35.5. The van der Waals surface area contributed by atoms with Crippen LogP contribution in [0.1, 0.15) is 53.2 Å². The van der Waals surface area contributed by atoms with Gasteiger partial charge in [-0.25, -0.2) is 4.98 Å². The van der Waals surface area contributed by atoms with Crippen molar-refractivity contribution in [3.8, 4) is 0 Å². The lowest BCUT2D eigenvalue weighted by Gasteiger charge is -2.40. The molecule has 0 bridgehead atoms. The molecule has 0 radical (unpaired) electrons. The number of pyridine rings is 1. The highest BCUT2D eigenvalue weighted by molar-refractivity contribution is 6.33. The Morgan fingerprint density at radius 2 is 1.94 bits per heavy atom. The Morgan fingerprint density at radius 1 is 1.18 bits per heavy atom. The van der Waals surface area contributed by atoms with E-state index in [9.17, 15) is 27.6 Å². The molecule has 2 aromatic heterocycles. The van der Waals surface area contributed by atoms with Gasteiger partial charge < -0.3 is 15.1 Å². The second kappa shape index (κ2) is 7.89. The van der Waals surface area contributed by atoms with Gasteiger partial charge in [-0.05, 0) is 36.8 Å². The van der Waals surface area contributed by atoms with Gasteiger partial charge in [0.25, 0.3) is 5.91 Å². The molecule has 1 aliphatic carbocycles. The lowest BCUT2D eigenvalue weighted by molar-refractivity contribution is -0.139. The van der Waals surface area contributed by atoms with Crippen LogP contribution in [0, 0.1) is 0 Å². The molecule has 1 unspecified atom stereocenters. The lowest BCUT2D eigenvalue weighted by atomic mass is 10.0. The van der Waals surface area contributed by atoms with E-state index in [1.54, 1.807) is 4.90 Å². The number of piperazine rings is 1. The van der Waals surface area contributed by atoms with E-state index in [0.717, 1.165) is 23.3 Å². The number of nitrogens with zero attached hydrogens (tertiary/aromatic N) is 4. The first kappa shape index (κ1) is 22.0. The Balaban J connectivity index is 1.40. The van der Waals surface area contributed by atoms with E-state index in [1.165, 1.54) is 11.1 Å². The maximum absolute atomic E-state index is 13.7. The fourth-order valence-electron chi connectivity index (χ4n) is 4.50. The number of amides is 3. The van der Waals surface area contributed by atoms with Crippen molar-refractivity contribution in [2.45, 2.75) is 43.8 Å². The van der Waals surface area contributed by atoms with E-state index >= 15 is 0 Å². The molecule has 3 fully saturated rings. The highest BCUT2D eigenvalue weighted by Crippen LogP contribution is 2.43. The minimum absolute atomic E-state index is 0.0448. The first-order valence-electron chi connectivity index (χ1n) is 10.8. The van der Waals surface area contributed by atoms with Crippen molar-refractivity contribution in [1.82, 2.24) is 24.5 Å². The standard InChI is InChI=1S/C21H21ClF3N5O3/c22-18-17(27-19-14(21(23,24)25)7-12(9-30(18)19)11-1-2-11)20(33)28-5-6-29(16(32)10-28)13-3-4-15(31)26-8-13/h7,9,11,13H,1-6,8,10H2,(H,26,31). The van der Waals surface area contributed by atoms with Gasteiger partial charge in [-0.1, -0.05) is 11.6 Å². The van der Waals surface area contributed by atoms with E-state index in [2.05, 4.69) is 10.3 Å². The summed E-state index contributed by atoms with van der Waals surface area (Å²) in [5.74, 6) is -0.988. The number of piperidine rings is 1. The van der Waals surface area contributed by atoms with Gasteiger partial charge >= 0.3 is 6.18 Å². The molecule has 0 aromatic carbocycles. The van der Waals surface area contributed by atoms with Gasteiger partial charge in [-0.3, -0.25) is 18.8 Å². The van der Waals surface area contributed by atoms with E-state index in [0.29, 0.717) is 24.9 Å². The average molecular weight is 484 g/mol. The quantitative estimate of drug-likeness (QED) is 0.726. The number of carbonyl (C=O) groups excluding carboxylic acids is 3. The third kappa shape index (κ3) is 4.03. The molecular weight excluding hydrogens is 463 g/mol. The molecule has 3 aliphatic rings. The zero-order valence-electron chi connectivity index (χ0n) is 17.5. The zero-order valence-corrected chi connectivity index (χ0v) is 18.2. The second-order valence-electron chi connectivity index (χ2n) is 8.71. The Morgan fingerprint density at radius 3 is 2.55 bits per heavy atom. The van der Waals surface area contributed by atoms with Crippen molar-refractivity contribution >= 4 is 35.0 Å². The molecule has 2 aromatic rings. The van der Waals surface area contributed by atoms with Gasteiger partial charge in [0.15, 0.2) is 11.3 Å². The molecule has 2 saturated heterocycles. The van der Waals surface area contributed by atoms with Crippen LogP contribution in [0.3, 0.4) is 0 Å². The zero-order chi connectivity index (χ0) is 23.5. The number of halogens is 4. The van der Waals surface area contributed by atoms with Crippen molar-refractivity contribution in [2.75, 3.05) is 26.2 Å². The topological polar surface area (TPSA) is 87.0 Å². The van der Waals surface area contributed by atoms with Crippen molar-refractivity contribution < 1.29 is 27.6 Å². The van der Waals surface area contributed by atoms with Gasteiger partial charge in [0.05, 0.1) is 5.56 Å². The van der Waals surface area contributed by atoms with Crippen LogP contribution < -0.4 is 5.32 Å². The maximum Gasteiger partial charge on any atom is 0.419 e. The number of nitrogens with one attached hydrogen (secondary N) is 1. The summed E-state index contributed by atoms with van der Waals surface area (Å²) >= 11 is 6.34. The molecule has 1 N–H and O–H groups in total. The van der Waals surface area contributed by atoms with E-state index < -0.39 is 23.3 Å². The number of imidazole rings is 1. The molecular formula is C21H21ClF3N5O3. The van der Waals surface area contributed by atoms with Crippen molar-refractivity contribution in [3.63, 3.8) is 0 Å². The number of alkyl halides is 3. The van der Waals surface area contributed by atoms with Gasteiger partial charge in [0.2, 0.25) is 11.8 Å². The average Bonchev–Trinajstić information content (AvgIpc) is 3.57. The van der Waals surface area contributed by atoms with E-state index in [4.69, 9.17) is 11.6 Å². The van der Waals surface area contributed by atoms with Crippen LogP contribution in [0.25, 0.3) is 5.65 Å². The van der Waals surface area contributed by atoms with Crippen LogP contribution in [0.5, 0.6) is 0 Å². The number of rotatable bonds is 3. The predicted molar refractivity (Wildman–Crippen MR) is 111 cm³/mol. The number of fused-ring (bicyclic) bond motifs is 1. The summed E-state index contributed by atoms with van der Waals surface area (Å²) in [5.41, 5.74) is -1.16. The third-order valence-electron chi connectivity index (χ3n) is 6.46. The molecule has 3 amide bonds. The van der Waals surface area contributed by atoms with Crippen LogP contribution >= 0.6 is 11.6 Å². The maximum atomic E-state index is 13.7. The Hall–Kier alpha value is -2.82. The van der Waals surface area contributed by atoms with Gasteiger partial charge in [0, 0.05) is 38.3 Å². The minimum atomic E-state index is -4.65. The van der Waals surface area contributed by atoms with Crippen LogP contribution in [0.15, 0.2) is 12.3 Å². The fourth-order valence-corrected chi connectivity index (χ4v) is 4.76. The van der Waals surface area contributed by atoms with Crippen LogP contribution in [-0.2, 0) is 15.8 Å². The Bertz CT molecular complexity index is 1150. The lowest BCUT2D eigenvalue weighted by Crippen LogP contribution is -2.58. The molecule has 4 heterocycles. The summed E-state index contributed by atoms with van der Waals surface area (Å²) in [4.78, 5) is 44.0. The summed E-state index contributed by atoms with van der Waals surface area (Å²) in [6.45, 7) is 0.585. The Labute approximate surface area is 191 Å². The van der Waals surface area contributed by atoms with Crippen LogP contribution in [0.2, 0.25) is 5.15 Å². The number of carbonyl (C=O) groups is 3. The number of hydrogen-bond donors (Lipinski definition) is 1. The van der Waals surface area contributed by atoms with E-state index in [-0.39, 0.29) is 54.3 Å². The highest BCUT2D eigenvalue weighted by Gasteiger charge is 2.39. The Kier molecular flexibility index (Phi) is 5.26. The second-order valence-corrected chi connectivity index (χ2v) is 9.07. The normalized spacial score (nSPS) is 22.1. The third-order valence-corrected chi connectivity index (χ3v) is 6.83. The first-order valence-corrected chi connectivity index (χ1v) is 11.2. The van der Waals surface area contributed by atoms with Gasteiger partial charge in [-0.15, -0.1) is 0 Å². The summed E-state index contributed by atoms with van der Waals surface area (Å²) in [5, 5.41) is 2.53. The van der Waals surface area contributed by atoms with Crippen molar-refractivity contribution in [1.29, 1.82) is 0 Å². The molecule has 8 nitrogen and oxygen atoms in total. The molecule has 2 aliphatic heterocycles. The molecule has 0 spiro atoms. The van der Waals surface area contributed by atoms with Crippen molar-refractivity contribution in [3.05, 3.63) is 34.2 Å². The van der Waals surface area contributed by atoms with Crippen LogP contribution in [-0.4, -0.2) is 69.1 Å². The molecule has 1 saturated carbocycles. The summed E-state index contributed by atoms with van der Waals surface area (Å²) in [6, 6.07) is 0.942. The summed E-state index contributed by atoms with van der Waals surface area (Å²) < 4.78 is 42.2. The fraction of sp³-hybridized carbons (Fsp3) is 0.524. The largest absolute Gasteiger partial charge is 0.419 e. The molecule has 176 valence electrons. The molecule has 5 rings (SSSR count). The predicted octanol–water partition coefficient (Wildman–Crippen LogP) is 2.45. The first-order chi connectivity index (χ1) is 15.6. The van der Waals surface area contributed by atoms with E-state index in [1.807, 2.05) is 0 Å². The molecule has 33 heavy (non-hydrogen) atoms.